The van der Waals surface area contributed by atoms with Crippen molar-refractivity contribution in [1.29, 1.82) is 0 Å². The highest BCUT2D eigenvalue weighted by molar-refractivity contribution is 14.1. The monoisotopic (exact) mass is 362 g/mol. The van der Waals surface area contributed by atoms with E-state index in [0.717, 1.165) is 20.6 Å². The van der Waals surface area contributed by atoms with Crippen LogP contribution in [0.4, 0.5) is 0 Å². The number of carbonyl (C=O) groups is 1. The van der Waals surface area contributed by atoms with Gasteiger partial charge in [-0.05, 0) is 59.0 Å². The molecule has 1 saturated carbocycles. The highest BCUT2D eigenvalue weighted by atomic mass is 127. The molecule has 2 aromatic rings. The van der Waals surface area contributed by atoms with E-state index in [2.05, 4.69) is 34.7 Å². The lowest BCUT2D eigenvalue weighted by Gasteiger charge is -2.25. The maximum Gasteiger partial charge on any atom is 0.194 e. The van der Waals surface area contributed by atoms with Gasteiger partial charge in [-0.25, -0.2) is 0 Å². The smallest absolute Gasteiger partial charge is 0.194 e. The molecule has 3 rings (SSSR count). The molecule has 19 heavy (non-hydrogen) atoms. The molecule has 0 amide bonds. The Morgan fingerprint density at radius 1 is 1.00 bits per heavy atom. The Morgan fingerprint density at radius 2 is 1.68 bits per heavy atom. The van der Waals surface area contributed by atoms with Crippen molar-refractivity contribution in [2.75, 3.05) is 0 Å². The van der Waals surface area contributed by atoms with Gasteiger partial charge >= 0.3 is 0 Å². The van der Waals surface area contributed by atoms with Gasteiger partial charge < -0.3 is 0 Å². The van der Waals surface area contributed by atoms with Crippen LogP contribution in [0.25, 0.3) is 0 Å². The number of carbonyl (C=O) groups excluding carboxylic acids is 1. The number of ketones is 1. The Bertz CT molecular complexity index is 597. The Kier molecular flexibility index (Phi) is 3.69. The number of rotatable bonds is 3. The first kappa shape index (κ1) is 12.9. The van der Waals surface area contributed by atoms with Crippen LogP contribution < -0.4 is 0 Å². The number of benzene rings is 2. The summed E-state index contributed by atoms with van der Waals surface area (Å²) < 4.78 is 1.01. The third kappa shape index (κ3) is 2.59. The van der Waals surface area contributed by atoms with E-state index in [1.165, 1.54) is 24.8 Å². The lowest BCUT2D eigenvalue weighted by molar-refractivity contribution is 0.103. The predicted octanol–water partition coefficient (Wildman–Crippen LogP) is 4.79. The van der Waals surface area contributed by atoms with Crippen LogP contribution in [-0.4, -0.2) is 5.78 Å². The van der Waals surface area contributed by atoms with Crippen LogP contribution in [0.1, 0.15) is 46.7 Å². The molecule has 0 unspecified atom stereocenters. The Balaban J connectivity index is 1.86. The van der Waals surface area contributed by atoms with Crippen LogP contribution in [0.5, 0.6) is 0 Å². The van der Waals surface area contributed by atoms with Crippen LogP contribution in [0.3, 0.4) is 0 Å². The van der Waals surface area contributed by atoms with Crippen molar-refractivity contribution in [3.8, 4) is 0 Å². The lowest BCUT2D eigenvalue weighted by Crippen LogP contribution is -2.09. The van der Waals surface area contributed by atoms with Gasteiger partial charge in [-0.3, -0.25) is 4.79 Å². The van der Waals surface area contributed by atoms with Crippen LogP contribution in [0.2, 0.25) is 0 Å². The minimum Gasteiger partial charge on any atom is -0.289 e. The molecule has 0 aromatic heterocycles. The molecule has 0 saturated heterocycles. The van der Waals surface area contributed by atoms with Gasteiger partial charge in [0.05, 0.1) is 0 Å². The van der Waals surface area contributed by atoms with Crippen molar-refractivity contribution in [3.05, 3.63) is 68.8 Å². The summed E-state index contributed by atoms with van der Waals surface area (Å²) in [4.78, 5) is 12.4. The van der Waals surface area contributed by atoms with Crippen LogP contribution >= 0.6 is 22.6 Å². The zero-order valence-corrected chi connectivity index (χ0v) is 12.8. The van der Waals surface area contributed by atoms with Crippen molar-refractivity contribution >= 4 is 28.4 Å². The summed E-state index contributed by atoms with van der Waals surface area (Å²) in [6, 6.07) is 15.9. The Labute approximate surface area is 127 Å². The van der Waals surface area contributed by atoms with Crippen molar-refractivity contribution < 1.29 is 4.79 Å². The first-order chi connectivity index (χ1) is 9.25. The maximum atomic E-state index is 12.4. The van der Waals surface area contributed by atoms with Crippen molar-refractivity contribution in [1.82, 2.24) is 0 Å². The molecule has 0 radical (unpaired) electrons. The third-order valence-corrected chi connectivity index (χ3v) is 4.81. The molecule has 0 atom stereocenters. The van der Waals surface area contributed by atoms with Crippen LogP contribution in [-0.2, 0) is 0 Å². The van der Waals surface area contributed by atoms with Crippen LogP contribution in [0, 0.1) is 3.57 Å². The first-order valence-corrected chi connectivity index (χ1v) is 7.73. The zero-order chi connectivity index (χ0) is 13.2. The van der Waals surface area contributed by atoms with E-state index in [1.807, 2.05) is 36.4 Å². The molecule has 0 aliphatic heterocycles. The molecule has 2 aromatic carbocycles. The van der Waals surface area contributed by atoms with Gasteiger partial charge in [-0.15, -0.1) is 0 Å². The molecule has 0 heterocycles. The molecule has 2 heteroatoms. The quantitative estimate of drug-likeness (QED) is 0.567. The van der Waals surface area contributed by atoms with E-state index in [1.54, 1.807) is 0 Å². The summed E-state index contributed by atoms with van der Waals surface area (Å²) in [5.74, 6) is 0.839. The molecule has 96 valence electrons. The normalized spacial score (nSPS) is 15.0. The van der Waals surface area contributed by atoms with E-state index < -0.39 is 0 Å². The van der Waals surface area contributed by atoms with E-state index in [9.17, 15) is 4.79 Å². The Morgan fingerprint density at radius 3 is 2.26 bits per heavy atom. The summed E-state index contributed by atoms with van der Waals surface area (Å²) in [6.07, 6.45) is 3.93. The number of hydrogen-bond donors (Lipinski definition) is 0. The maximum absolute atomic E-state index is 12.4. The number of hydrogen-bond acceptors (Lipinski definition) is 1. The van der Waals surface area contributed by atoms with Gasteiger partial charge in [0.1, 0.15) is 0 Å². The number of halogens is 1. The fourth-order valence-corrected chi connectivity index (χ4v) is 3.08. The third-order valence-electron chi connectivity index (χ3n) is 3.87. The average molecular weight is 362 g/mol. The summed E-state index contributed by atoms with van der Waals surface area (Å²) >= 11 is 2.21. The second-order valence-corrected chi connectivity index (χ2v) is 6.22. The van der Waals surface area contributed by atoms with E-state index >= 15 is 0 Å². The zero-order valence-electron chi connectivity index (χ0n) is 10.6. The highest BCUT2D eigenvalue weighted by Gasteiger charge is 2.19. The standard InChI is InChI=1S/C17H15IO/c18-16-7-2-1-6-15(16)17(19)14-10-8-13(9-11-14)12-4-3-5-12/h1-2,6-12H,3-5H2. The van der Waals surface area contributed by atoms with Crippen molar-refractivity contribution in [2.45, 2.75) is 25.2 Å². The summed E-state index contributed by atoms with van der Waals surface area (Å²) in [5, 5.41) is 0. The topological polar surface area (TPSA) is 17.1 Å². The second-order valence-electron chi connectivity index (χ2n) is 5.06. The average Bonchev–Trinajstić information content (AvgIpc) is 2.37. The molecule has 0 N–H and O–H groups in total. The molecule has 1 aliphatic rings. The molecular weight excluding hydrogens is 347 g/mol. The van der Waals surface area contributed by atoms with E-state index in [-0.39, 0.29) is 5.78 Å². The molecular formula is C17H15IO. The highest BCUT2D eigenvalue weighted by Crippen LogP contribution is 2.36. The molecule has 1 nitrogen and oxygen atoms in total. The summed E-state index contributed by atoms with van der Waals surface area (Å²) in [6.45, 7) is 0. The fraction of sp³-hybridized carbons (Fsp3) is 0.235. The van der Waals surface area contributed by atoms with Crippen molar-refractivity contribution in [3.63, 3.8) is 0 Å². The second kappa shape index (κ2) is 5.45. The van der Waals surface area contributed by atoms with Gasteiger partial charge in [0.15, 0.2) is 5.78 Å². The van der Waals surface area contributed by atoms with Gasteiger partial charge in [0, 0.05) is 14.7 Å². The minimum absolute atomic E-state index is 0.116. The largest absolute Gasteiger partial charge is 0.289 e. The predicted molar refractivity (Wildman–Crippen MR) is 85.6 cm³/mol. The van der Waals surface area contributed by atoms with Gasteiger partial charge in [-0.2, -0.15) is 0 Å². The van der Waals surface area contributed by atoms with E-state index in [0.29, 0.717) is 0 Å². The first-order valence-electron chi connectivity index (χ1n) is 6.65. The molecule has 1 aliphatic carbocycles. The molecule has 1 fully saturated rings. The van der Waals surface area contributed by atoms with Gasteiger partial charge in [0.25, 0.3) is 0 Å². The summed E-state index contributed by atoms with van der Waals surface area (Å²) in [5.41, 5.74) is 2.96. The van der Waals surface area contributed by atoms with E-state index in [4.69, 9.17) is 0 Å². The SMILES string of the molecule is O=C(c1ccc(C2CCC2)cc1)c1ccccc1I. The van der Waals surface area contributed by atoms with Gasteiger partial charge in [0.2, 0.25) is 0 Å². The lowest BCUT2D eigenvalue weighted by atomic mass is 9.80. The fourth-order valence-electron chi connectivity index (χ4n) is 2.45. The molecule has 0 spiro atoms. The minimum atomic E-state index is 0.116. The Hall–Kier alpha value is -1.16. The van der Waals surface area contributed by atoms with Gasteiger partial charge in [-0.1, -0.05) is 42.8 Å². The molecule has 0 bridgehead atoms. The van der Waals surface area contributed by atoms with Crippen LogP contribution in [0.15, 0.2) is 48.5 Å². The van der Waals surface area contributed by atoms with Crippen molar-refractivity contribution in [2.24, 2.45) is 0 Å². The summed E-state index contributed by atoms with van der Waals surface area (Å²) in [7, 11) is 0.